The molecule has 2 aromatic carbocycles. The minimum absolute atomic E-state index is 0.0837. The van der Waals surface area contributed by atoms with Crippen LogP contribution in [-0.2, 0) is 15.8 Å². The molecule has 33 heavy (non-hydrogen) atoms. The summed E-state index contributed by atoms with van der Waals surface area (Å²) in [6.45, 7) is 0.167. The number of nitrogens with one attached hydrogen (secondary N) is 2. The van der Waals surface area contributed by atoms with Crippen molar-refractivity contribution in [3.63, 3.8) is 0 Å². The minimum Gasteiger partial charge on any atom is -0.358 e. The Kier molecular flexibility index (Phi) is 7.18. The van der Waals surface area contributed by atoms with Crippen molar-refractivity contribution >= 4 is 68.4 Å². The molecule has 1 aliphatic rings. The van der Waals surface area contributed by atoms with Gasteiger partial charge in [-0.25, -0.2) is 4.21 Å². The molecule has 2 N–H and O–H groups in total. The number of piperidine rings is 1. The normalized spacial score (nSPS) is 16.2. The SMILES string of the molecule is O=C(N1CCC(Sc2ccc(S(=O)Nc3ccc(Cl)c4c(Cl)c[nH]c34)cc2)CC1)C(F)(F)F. The zero-order valence-corrected chi connectivity index (χ0v) is 20.1. The van der Waals surface area contributed by atoms with Gasteiger partial charge in [0.1, 0.15) is 11.0 Å². The number of carbonyl (C=O) groups excluding carboxylic acids is 1. The van der Waals surface area contributed by atoms with Gasteiger partial charge in [0, 0.05) is 34.8 Å². The van der Waals surface area contributed by atoms with Gasteiger partial charge in [0.15, 0.2) is 0 Å². The van der Waals surface area contributed by atoms with Gasteiger partial charge in [0.05, 0.1) is 26.1 Å². The Balaban J connectivity index is 1.36. The lowest BCUT2D eigenvalue weighted by atomic mass is 10.1. The molecule has 1 aromatic heterocycles. The van der Waals surface area contributed by atoms with Gasteiger partial charge in [0.25, 0.3) is 0 Å². The first-order valence-electron chi connectivity index (χ1n) is 9.90. The number of anilines is 1. The maximum Gasteiger partial charge on any atom is 0.471 e. The maximum atomic E-state index is 12.8. The van der Waals surface area contributed by atoms with Crippen LogP contribution >= 0.6 is 35.0 Å². The molecule has 5 nitrogen and oxygen atoms in total. The summed E-state index contributed by atoms with van der Waals surface area (Å²) in [5.41, 5.74) is 1.25. The number of rotatable bonds is 5. The van der Waals surface area contributed by atoms with Gasteiger partial charge in [-0.15, -0.1) is 11.8 Å². The Morgan fingerprint density at radius 1 is 1.09 bits per heavy atom. The van der Waals surface area contributed by atoms with Crippen molar-refractivity contribution in [1.82, 2.24) is 9.88 Å². The van der Waals surface area contributed by atoms with E-state index < -0.39 is 23.1 Å². The van der Waals surface area contributed by atoms with Crippen molar-refractivity contribution in [1.29, 1.82) is 0 Å². The van der Waals surface area contributed by atoms with E-state index in [1.54, 1.807) is 42.2 Å². The number of aromatic nitrogens is 1. The summed E-state index contributed by atoms with van der Waals surface area (Å²) in [4.78, 5) is 16.7. The monoisotopic (exact) mass is 535 g/mol. The van der Waals surface area contributed by atoms with Crippen LogP contribution in [0.2, 0.25) is 10.0 Å². The van der Waals surface area contributed by atoms with Gasteiger partial charge in [-0.1, -0.05) is 23.2 Å². The summed E-state index contributed by atoms with van der Waals surface area (Å²) in [7, 11) is -1.54. The van der Waals surface area contributed by atoms with Crippen molar-refractivity contribution in [3.05, 3.63) is 52.6 Å². The number of halogens is 5. The van der Waals surface area contributed by atoms with E-state index in [9.17, 15) is 22.2 Å². The number of benzene rings is 2. The third-order valence-corrected chi connectivity index (χ3v) is 8.32. The summed E-state index contributed by atoms with van der Waals surface area (Å²) in [6.07, 6.45) is -2.26. The molecule has 4 rings (SSSR count). The van der Waals surface area contributed by atoms with Crippen LogP contribution in [0.25, 0.3) is 10.9 Å². The molecule has 1 aliphatic heterocycles. The maximum absolute atomic E-state index is 12.8. The van der Waals surface area contributed by atoms with Crippen molar-refractivity contribution in [2.24, 2.45) is 0 Å². The van der Waals surface area contributed by atoms with Crippen molar-refractivity contribution in [2.75, 3.05) is 17.8 Å². The van der Waals surface area contributed by atoms with E-state index in [1.807, 2.05) is 12.1 Å². The molecule has 12 heteroatoms. The molecule has 0 radical (unpaired) electrons. The van der Waals surface area contributed by atoms with E-state index in [0.717, 1.165) is 9.80 Å². The fourth-order valence-corrected chi connectivity index (χ4v) is 6.16. The summed E-state index contributed by atoms with van der Waals surface area (Å²) in [6, 6.07) is 10.5. The molecule has 1 atom stereocenters. The fourth-order valence-electron chi connectivity index (χ4n) is 3.60. The molecule has 1 amide bonds. The van der Waals surface area contributed by atoms with Crippen molar-refractivity contribution in [2.45, 2.75) is 34.1 Å². The predicted octanol–water partition coefficient (Wildman–Crippen LogP) is 6.25. The summed E-state index contributed by atoms with van der Waals surface area (Å²) < 4.78 is 53.5. The topological polar surface area (TPSA) is 65.2 Å². The quantitative estimate of drug-likeness (QED) is 0.405. The van der Waals surface area contributed by atoms with E-state index in [2.05, 4.69) is 9.71 Å². The fraction of sp³-hybridized carbons (Fsp3) is 0.286. The second-order valence-corrected chi connectivity index (χ2v) is 10.8. The average Bonchev–Trinajstić information content (AvgIpc) is 3.18. The van der Waals surface area contributed by atoms with Crippen LogP contribution in [0.5, 0.6) is 0 Å². The Hall–Kier alpha value is -1.88. The zero-order chi connectivity index (χ0) is 23.8. The number of hydrogen-bond acceptors (Lipinski definition) is 3. The van der Waals surface area contributed by atoms with Gasteiger partial charge in [0.2, 0.25) is 0 Å². The summed E-state index contributed by atoms with van der Waals surface area (Å²) in [5.74, 6) is -1.77. The molecular weight excluding hydrogens is 518 g/mol. The van der Waals surface area contributed by atoms with Crippen LogP contribution in [0.1, 0.15) is 12.8 Å². The van der Waals surface area contributed by atoms with Crippen molar-refractivity contribution in [3.8, 4) is 0 Å². The minimum atomic E-state index is -4.83. The summed E-state index contributed by atoms with van der Waals surface area (Å²) >= 11 is 13.9. The lowest BCUT2D eigenvalue weighted by Gasteiger charge is -2.32. The molecule has 1 fully saturated rings. The zero-order valence-electron chi connectivity index (χ0n) is 16.9. The van der Waals surface area contributed by atoms with E-state index in [4.69, 9.17) is 23.2 Å². The Morgan fingerprint density at radius 2 is 1.76 bits per heavy atom. The first-order valence-corrected chi connectivity index (χ1v) is 12.7. The van der Waals surface area contributed by atoms with Crippen LogP contribution in [-0.4, -0.2) is 44.5 Å². The van der Waals surface area contributed by atoms with E-state index in [0.29, 0.717) is 44.4 Å². The Bertz CT molecular complexity index is 1190. The number of carbonyl (C=O) groups is 1. The highest BCUT2D eigenvalue weighted by Gasteiger charge is 2.43. The Morgan fingerprint density at radius 3 is 2.39 bits per heavy atom. The smallest absolute Gasteiger partial charge is 0.358 e. The molecular formula is C21H18Cl2F3N3O2S2. The molecule has 0 aliphatic carbocycles. The summed E-state index contributed by atoms with van der Waals surface area (Å²) in [5, 5.41) is 1.72. The first kappa shape index (κ1) is 24.3. The van der Waals surface area contributed by atoms with Crippen molar-refractivity contribution < 1.29 is 22.2 Å². The third-order valence-electron chi connectivity index (χ3n) is 5.25. The molecule has 1 unspecified atom stereocenters. The molecule has 0 bridgehead atoms. The largest absolute Gasteiger partial charge is 0.471 e. The molecule has 2 heterocycles. The Labute approximate surface area is 204 Å². The average molecular weight is 536 g/mol. The number of amides is 1. The van der Waals surface area contributed by atoms with Gasteiger partial charge in [-0.05, 0) is 49.2 Å². The van der Waals surface area contributed by atoms with Gasteiger partial charge in [-0.3, -0.25) is 9.52 Å². The van der Waals surface area contributed by atoms with Gasteiger partial charge >= 0.3 is 12.1 Å². The number of hydrogen-bond donors (Lipinski definition) is 2. The van der Waals surface area contributed by atoms with E-state index in [1.165, 1.54) is 0 Å². The van der Waals surface area contributed by atoms with Gasteiger partial charge < -0.3 is 9.88 Å². The molecule has 1 saturated heterocycles. The van der Waals surface area contributed by atoms with E-state index >= 15 is 0 Å². The van der Waals surface area contributed by atoms with Crippen LogP contribution in [0.4, 0.5) is 18.9 Å². The lowest BCUT2D eigenvalue weighted by molar-refractivity contribution is -0.186. The standard InChI is InChI=1S/C21H18Cl2F3N3O2S2/c22-15-5-6-17(19-18(15)16(23)11-27-19)28-33(31)14-3-1-12(2-4-14)32-13-7-9-29(10-8-13)20(30)21(24,25)26/h1-6,11,13,27-28H,7-10H2. The number of nitrogens with zero attached hydrogens (tertiary/aromatic N) is 1. The second-order valence-electron chi connectivity index (χ2n) is 7.43. The van der Waals surface area contributed by atoms with Gasteiger partial charge in [-0.2, -0.15) is 13.2 Å². The second kappa shape index (κ2) is 9.77. The van der Waals surface area contributed by atoms with Crippen LogP contribution < -0.4 is 4.72 Å². The molecule has 3 aromatic rings. The highest BCUT2D eigenvalue weighted by molar-refractivity contribution is 8.00. The molecule has 176 valence electrons. The van der Waals surface area contributed by atoms with Crippen LogP contribution in [0.3, 0.4) is 0 Å². The first-order chi connectivity index (χ1) is 15.6. The number of aromatic amines is 1. The molecule has 0 saturated carbocycles. The number of fused-ring (bicyclic) bond motifs is 1. The lowest BCUT2D eigenvalue weighted by Crippen LogP contribution is -2.45. The highest BCUT2D eigenvalue weighted by Crippen LogP contribution is 2.36. The third kappa shape index (κ3) is 5.45. The number of alkyl halides is 3. The number of likely N-dealkylation sites (tertiary alicyclic amines) is 1. The highest BCUT2D eigenvalue weighted by atomic mass is 35.5. The van der Waals surface area contributed by atoms with Crippen LogP contribution in [0, 0.1) is 0 Å². The number of H-pyrrole nitrogens is 1. The molecule has 0 spiro atoms. The van der Waals surface area contributed by atoms with Crippen LogP contribution in [0.15, 0.2) is 52.4 Å². The van der Waals surface area contributed by atoms with E-state index in [-0.39, 0.29) is 18.3 Å². The number of thioether (sulfide) groups is 1. The predicted molar refractivity (Wildman–Crippen MR) is 126 cm³/mol.